The van der Waals surface area contributed by atoms with Crippen LogP contribution in [0.4, 0.5) is 0 Å². The Morgan fingerprint density at radius 1 is 1.08 bits per heavy atom. The lowest BCUT2D eigenvalue weighted by Gasteiger charge is -2.35. The number of carbonyl (C=O) groups is 1. The van der Waals surface area contributed by atoms with Gasteiger partial charge in [0, 0.05) is 13.1 Å². The zero-order valence-electron chi connectivity index (χ0n) is 14.7. The Morgan fingerprint density at radius 2 is 1.88 bits per heavy atom. The monoisotopic (exact) mass is 330 g/mol. The minimum Gasteiger partial charge on any atom is -0.375 e. The summed E-state index contributed by atoms with van der Waals surface area (Å²) in [6.07, 6.45) is 7.21. The molecule has 0 radical (unpaired) electrons. The predicted molar refractivity (Wildman–Crippen MR) is 96.0 cm³/mol. The molecule has 0 bridgehead atoms. The van der Waals surface area contributed by atoms with Gasteiger partial charge in [-0.25, -0.2) is 0 Å². The van der Waals surface area contributed by atoms with Gasteiger partial charge in [0.25, 0.3) is 0 Å². The SMILES string of the molecule is O=C(CN1CCCCC1)N1CCO[C@@H](CCCc2ccccc2)C1. The maximum Gasteiger partial charge on any atom is 0.236 e. The molecule has 132 valence electrons. The molecular weight excluding hydrogens is 300 g/mol. The molecule has 1 aromatic carbocycles. The summed E-state index contributed by atoms with van der Waals surface area (Å²) in [5.74, 6) is 0.285. The molecule has 4 heteroatoms. The molecule has 0 spiro atoms. The van der Waals surface area contributed by atoms with Crippen LogP contribution < -0.4 is 0 Å². The zero-order chi connectivity index (χ0) is 16.6. The van der Waals surface area contributed by atoms with Crippen molar-refractivity contribution in [3.63, 3.8) is 0 Å². The van der Waals surface area contributed by atoms with Crippen LogP contribution in [0.1, 0.15) is 37.7 Å². The number of hydrogen-bond acceptors (Lipinski definition) is 3. The van der Waals surface area contributed by atoms with Gasteiger partial charge in [0.15, 0.2) is 0 Å². The third-order valence-electron chi connectivity index (χ3n) is 5.13. The van der Waals surface area contributed by atoms with Crippen molar-refractivity contribution >= 4 is 5.91 Å². The molecule has 0 aromatic heterocycles. The number of carbonyl (C=O) groups excluding carboxylic acids is 1. The van der Waals surface area contributed by atoms with Crippen LogP contribution in [-0.2, 0) is 16.0 Å². The fourth-order valence-corrected chi connectivity index (χ4v) is 3.71. The number of aryl methyl sites for hydroxylation is 1. The second-order valence-corrected chi connectivity index (χ2v) is 7.05. The predicted octanol–water partition coefficient (Wildman–Crippen LogP) is 2.72. The summed E-state index contributed by atoms with van der Waals surface area (Å²) in [6, 6.07) is 10.6. The summed E-state index contributed by atoms with van der Waals surface area (Å²) >= 11 is 0. The zero-order valence-corrected chi connectivity index (χ0v) is 14.7. The largest absolute Gasteiger partial charge is 0.375 e. The molecular formula is C20H30N2O2. The van der Waals surface area contributed by atoms with Gasteiger partial charge in [0.05, 0.1) is 19.3 Å². The Kier molecular flexibility index (Phi) is 6.67. The first-order chi connectivity index (χ1) is 11.8. The molecule has 2 fully saturated rings. The van der Waals surface area contributed by atoms with E-state index in [4.69, 9.17) is 4.74 Å². The van der Waals surface area contributed by atoms with Crippen molar-refractivity contribution in [3.8, 4) is 0 Å². The number of ether oxygens (including phenoxy) is 1. The summed E-state index contributed by atoms with van der Waals surface area (Å²) in [5, 5.41) is 0. The Hall–Kier alpha value is -1.39. The van der Waals surface area contributed by atoms with Gasteiger partial charge in [-0.05, 0) is 50.8 Å². The smallest absolute Gasteiger partial charge is 0.236 e. The first-order valence-corrected chi connectivity index (χ1v) is 9.47. The first-order valence-electron chi connectivity index (χ1n) is 9.47. The van der Waals surface area contributed by atoms with Crippen molar-refractivity contribution in [3.05, 3.63) is 35.9 Å². The van der Waals surface area contributed by atoms with Crippen molar-refractivity contribution in [1.82, 2.24) is 9.80 Å². The number of amides is 1. The van der Waals surface area contributed by atoms with E-state index in [0.717, 1.165) is 45.4 Å². The van der Waals surface area contributed by atoms with Crippen LogP contribution in [0, 0.1) is 0 Å². The van der Waals surface area contributed by atoms with E-state index in [9.17, 15) is 4.79 Å². The van der Waals surface area contributed by atoms with Crippen LogP contribution in [0.3, 0.4) is 0 Å². The highest BCUT2D eigenvalue weighted by Crippen LogP contribution is 2.15. The quantitative estimate of drug-likeness (QED) is 0.804. The van der Waals surface area contributed by atoms with Crippen molar-refractivity contribution in [2.45, 2.75) is 44.6 Å². The highest BCUT2D eigenvalue weighted by Gasteiger charge is 2.25. The molecule has 0 unspecified atom stereocenters. The van der Waals surface area contributed by atoms with E-state index in [0.29, 0.717) is 13.2 Å². The molecule has 1 atom stereocenters. The number of rotatable bonds is 6. The van der Waals surface area contributed by atoms with E-state index in [2.05, 4.69) is 35.2 Å². The first kappa shape index (κ1) is 17.4. The van der Waals surface area contributed by atoms with Crippen LogP contribution >= 0.6 is 0 Å². The Balaban J connectivity index is 1.39. The maximum absolute atomic E-state index is 12.5. The minimum absolute atomic E-state index is 0.202. The number of likely N-dealkylation sites (tertiary alicyclic amines) is 1. The summed E-state index contributed by atoms with van der Waals surface area (Å²) < 4.78 is 5.88. The lowest BCUT2D eigenvalue weighted by molar-refractivity contribution is -0.140. The molecule has 2 saturated heterocycles. The molecule has 2 aliphatic rings. The second-order valence-electron chi connectivity index (χ2n) is 7.05. The van der Waals surface area contributed by atoms with E-state index < -0.39 is 0 Å². The second kappa shape index (κ2) is 9.19. The van der Waals surface area contributed by atoms with Gasteiger partial charge in [0.1, 0.15) is 0 Å². The fourth-order valence-electron chi connectivity index (χ4n) is 3.71. The molecule has 4 nitrogen and oxygen atoms in total. The lowest BCUT2D eigenvalue weighted by atomic mass is 10.0. The normalized spacial score (nSPS) is 22.5. The van der Waals surface area contributed by atoms with E-state index >= 15 is 0 Å². The number of piperidine rings is 1. The van der Waals surface area contributed by atoms with Crippen LogP contribution in [0.15, 0.2) is 30.3 Å². The molecule has 0 N–H and O–H groups in total. The van der Waals surface area contributed by atoms with Crippen LogP contribution in [0.2, 0.25) is 0 Å². The van der Waals surface area contributed by atoms with Gasteiger partial charge in [-0.3, -0.25) is 9.69 Å². The number of benzene rings is 1. The topological polar surface area (TPSA) is 32.8 Å². The van der Waals surface area contributed by atoms with Gasteiger partial charge in [-0.15, -0.1) is 0 Å². The molecule has 0 aliphatic carbocycles. The molecule has 1 aromatic rings. The summed E-state index contributed by atoms with van der Waals surface area (Å²) in [4.78, 5) is 16.9. The summed E-state index contributed by atoms with van der Waals surface area (Å²) in [6.45, 7) is 4.95. The number of morpholine rings is 1. The fraction of sp³-hybridized carbons (Fsp3) is 0.650. The highest BCUT2D eigenvalue weighted by atomic mass is 16.5. The van der Waals surface area contributed by atoms with E-state index in [1.54, 1.807) is 0 Å². The van der Waals surface area contributed by atoms with Crippen molar-refractivity contribution < 1.29 is 9.53 Å². The van der Waals surface area contributed by atoms with Gasteiger partial charge in [0.2, 0.25) is 5.91 Å². The van der Waals surface area contributed by atoms with Gasteiger partial charge in [-0.1, -0.05) is 36.8 Å². The molecule has 1 amide bonds. The summed E-state index contributed by atoms with van der Waals surface area (Å²) in [5.41, 5.74) is 1.38. The number of hydrogen-bond donors (Lipinski definition) is 0. The molecule has 2 aliphatic heterocycles. The van der Waals surface area contributed by atoms with Crippen LogP contribution in [-0.4, -0.2) is 61.1 Å². The van der Waals surface area contributed by atoms with Crippen LogP contribution in [0.25, 0.3) is 0 Å². The lowest BCUT2D eigenvalue weighted by Crippen LogP contribution is -2.49. The Bertz CT molecular complexity index is 500. The third-order valence-corrected chi connectivity index (χ3v) is 5.13. The standard InChI is InChI=1S/C20H30N2O2/c23-20(17-21-12-5-2-6-13-21)22-14-15-24-19(16-22)11-7-10-18-8-3-1-4-9-18/h1,3-4,8-9,19H,2,5-7,10-17H2/t19-/m0/s1. The van der Waals surface area contributed by atoms with Gasteiger partial charge >= 0.3 is 0 Å². The maximum atomic E-state index is 12.5. The third kappa shape index (κ3) is 5.32. The van der Waals surface area contributed by atoms with Crippen LogP contribution in [0.5, 0.6) is 0 Å². The van der Waals surface area contributed by atoms with E-state index in [1.165, 1.54) is 24.8 Å². The Labute approximate surface area is 145 Å². The van der Waals surface area contributed by atoms with Gasteiger partial charge in [-0.2, -0.15) is 0 Å². The molecule has 3 rings (SSSR count). The van der Waals surface area contributed by atoms with E-state index in [1.807, 2.05) is 4.90 Å². The minimum atomic E-state index is 0.202. The average Bonchev–Trinajstić information content (AvgIpc) is 2.64. The highest BCUT2D eigenvalue weighted by molar-refractivity contribution is 5.78. The van der Waals surface area contributed by atoms with E-state index in [-0.39, 0.29) is 12.0 Å². The van der Waals surface area contributed by atoms with Gasteiger partial charge < -0.3 is 9.64 Å². The molecule has 2 heterocycles. The van der Waals surface area contributed by atoms with Crippen molar-refractivity contribution in [2.75, 3.05) is 39.3 Å². The average molecular weight is 330 g/mol. The summed E-state index contributed by atoms with van der Waals surface area (Å²) in [7, 11) is 0. The number of nitrogens with zero attached hydrogens (tertiary/aromatic N) is 2. The Morgan fingerprint density at radius 3 is 2.67 bits per heavy atom. The van der Waals surface area contributed by atoms with Crippen molar-refractivity contribution in [2.24, 2.45) is 0 Å². The molecule has 0 saturated carbocycles. The molecule has 24 heavy (non-hydrogen) atoms. The van der Waals surface area contributed by atoms with Crippen molar-refractivity contribution in [1.29, 1.82) is 0 Å².